The molecule has 1 saturated carbocycles. The first-order valence-corrected chi connectivity index (χ1v) is 7.49. The van der Waals surface area contributed by atoms with Crippen LogP contribution in [0.25, 0.3) is 0 Å². The van der Waals surface area contributed by atoms with Gasteiger partial charge in [0.05, 0.1) is 0 Å². The molecule has 18 heavy (non-hydrogen) atoms. The van der Waals surface area contributed by atoms with Crippen molar-refractivity contribution in [1.29, 1.82) is 0 Å². The van der Waals surface area contributed by atoms with Gasteiger partial charge in [0.15, 0.2) is 0 Å². The molecule has 0 aromatic carbocycles. The Hall–Kier alpha value is -0.890. The molecule has 1 aliphatic rings. The summed E-state index contributed by atoms with van der Waals surface area (Å²) in [6.45, 7) is 4.50. The Morgan fingerprint density at radius 3 is 2.56 bits per heavy atom. The van der Waals surface area contributed by atoms with Crippen LogP contribution < -0.4 is 5.32 Å². The Balaban J connectivity index is 1.96. The molecule has 2 rings (SSSR count). The fraction of sp³-hybridized carbons (Fsp3) is 0.688. The quantitative estimate of drug-likeness (QED) is 0.805. The second-order valence-electron chi connectivity index (χ2n) is 5.53. The molecule has 1 aliphatic carbocycles. The summed E-state index contributed by atoms with van der Waals surface area (Å²) in [4.78, 5) is 4.11. The standard InChI is InChI=1S/C16H26N2/c1-2-17-13-16-7-5-3-4-6-15(16)12-14-8-10-18-11-9-14/h8-11,15-17H,2-7,12-13H2,1H3. The molecule has 0 saturated heterocycles. The van der Waals surface area contributed by atoms with Gasteiger partial charge in [-0.15, -0.1) is 0 Å². The normalized spacial score (nSPS) is 24.7. The Morgan fingerprint density at radius 2 is 1.83 bits per heavy atom. The lowest BCUT2D eigenvalue weighted by Gasteiger charge is -2.25. The summed E-state index contributed by atoms with van der Waals surface area (Å²) >= 11 is 0. The molecule has 1 N–H and O–H groups in total. The van der Waals surface area contributed by atoms with Crippen molar-refractivity contribution in [2.24, 2.45) is 11.8 Å². The van der Waals surface area contributed by atoms with E-state index in [1.54, 1.807) is 0 Å². The Morgan fingerprint density at radius 1 is 1.11 bits per heavy atom. The van der Waals surface area contributed by atoms with Crippen LogP contribution in [0.2, 0.25) is 0 Å². The molecular weight excluding hydrogens is 220 g/mol. The van der Waals surface area contributed by atoms with E-state index < -0.39 is 0 Å². The fourth-order valence-electron chi connectivity index (χ4n) is 3.15. The van der Waals surface area contributed by atoms with E-state index >= 15 is 0 Å². The average molecular weight is 246 g/mol. The van der Waals surface area contributed by atoms with Crippen LogP contribution in [-0.2, 0) is 6.42 Å². The summed E-state index contributed by atoms with van der Waals surface area (Å²) in [6, 6.07) is 4.35. The largest absolute Gasteiger partial charge is 0.317 e. The lowest BCUT2D eigenvalue weighted by Crippen LogP contribution is -2.28. The van der Waals surface area contributed by atoms with E-state index in [2.05, 4.69) is 29.4 Å². The number of nitrogens with zero attached hydrogens (tertiary/aromatic N) is 1. The molecule has 2 unspecified atom stereocenters. The predicted molar refractivity (Wildman–Crippen MR) is 76.5 cm³/mol. The molecule has 2 nitrogen and oxygen atoms in total. The zero-order valence-corrected chi connectivity index (χ0v) is 11.6. The maximum Gasteiger partial charge on any atom is 0.0270 e. The molecule has 0 aliphatic heterocycles. The first kappa shape index (κ1) is 13.5. The van der Waals surface area contributed by atoms with Crippen molar-refractivity contribution in [3.63, 3.8) is 0 Å². The van der Waals surface area contributed by atoms with Gasteiger partial charge in [0.1, 0.15) is 0 Å². The number of aromatic nitrogens is 1. The maximum atomic E-state index is 4.11. The van der Waals surface area contributed by atoms with Gasteiger partial charge in [-0.1, -0.05) is 26.2 Å². The van der Waals surface area contributed by atoms with Crippen molar-refractivity contribution in [3.05, 3.63) is 30.1 Å². The topological polar surface area (TPSA) is 24.9 Å². The zero-order chi connectivity index (χ0) is 12.6. The van der Waals surface area contributed by atoms with Gasteiger partial charge in [-0.25, -0.2) is 0 Å². The molecule has 2 atom stereocenters. The molecule has 1 fully saturated rings. The summed E-state index contributed by atoms with van der Waals surface area (Å²) in [5.74, 6) is 1.72. The van der Waals surface area contributed by atoms with Crippen LogP contribution in [0.5, 0.6) is 0 Å². The number of hydrogen-bond donors (Lipinski definition) is 1. The molecule has 100 valence electrons. The Labute approximate surface area is 111 Å². The van der Waals surface area contributed by atoms with Crippen LogP contribution in [0, 0.1) is 11.8 Å². The minimum atomic E-state index is 0.856. The fourth-order valence-corrected chi connectivity index (χ4v) is 3.15. The van der Waals surface area contributed by atoms with Gasteiger partial charge in [0, 0.05) is 12.4 Å². The second-order valence-corrected chi connectivity index (χ2v) is 5.53. The number of nitrogens with one attached hydrogen (secondary N) is 1. The van der Waals surface area contributed by atoms with Crippen molar-refractivity contribution in [2.75, 3.05) is 13.1 Å². The molecule has 1 aromatic heterocycles. The smallest absolute Gasteiger partial charge is 0.0270 e. The summed E-state index contributed by atoms with van der Waals surface area (Å²) < 4.78 is 0. The van der Waals surface area contributed by atoms with Gasteiger partial charge >= 0.3 is 0 Å². The lowest BCUT2D eigenvalue weighted by molar-refractivity contribution is 0.299. The summed E-state index contributed by atoms with van der Waals surface area (Å²) in [6.07, 6.45) is 12.1. The third-order valence-electron chi connectivity index (χ3n) is 4.22. The molecule has 0 amide bonds. The number of rotatable bonds is 5. The van der Waals surface area contributed by atoms with Crippen molar-refractivity contribution >= 4 is 0 Å². The first-order chi connectivity index (χ1) is 8.90. The van der Waals surface area contributed by atoms with E-state index in [4.69, 9.17) is 0 Å². The van der Waals surface area contributed by atoms with Gasteiger partial charge in [-0.05, 0) is 61.9 Å². The molecule has 0 radical (unpaired) electrons. The van der Waals surface area contributed by atoms with E-state index in [1.165, 1.54) is 50.6 Å². The number of pyridine rings is 1. The third kappa shape index (κ3) is 4.09. The highest BCUT2D eigenvalue weighted by Gasteiger charge is 2.23. The molecule has 1 heterocycles. The average Bonchev–Trinajstić information content (AvgIpc) is 2.63. The van der Waals surface area contributed by atoms with E-state index in [9.17, 15) is 0 Å². The third-order valence-corrected chi connectivity index (χ3v) is 4.22. The monoisotopic (exact) mass is 246 g/mol. The van der Waals surface area contributed by atoms with E-state index in [-0.39, 0.29) is 0 Å². The molecule has 0 spiro atoms. The Kier molecular flexibility index (Phi) is 5.66. The summed E-state index contributed by atoms with van der Waals surface area (Å²) in [7, 11) is 0. The summed E-state index contributed by atoms with van der Waals surface area (Å²) in [5, 5.41) is 3.55. The lowest BCUT2D eigenvalue weighted by atomic mass is 9.83. The molecule has 1 aromatic rings. The minimum absolute atomic E-state index is 0.856. The van der Waals surface area contributed by atoms with Crippen molar-refractivity contribution in [1.82, 2.24) is 10.3 Å². The first-order valence-electron chi connectivity index (χ1n) is 7.49. The molecular formula is C16H26N2. The molecule has 0 bridgehead atoms. The van der Waals surface area contributed by atoms with Crippen molar-refractivity contribution < 1.29 is 0 Å². The van der Waals surface area contributed by atoms with Gasteiger partial charge in [-0.3, -0.25) is 4.98 Å². The van der Waals surface area contributed by atoms with Crippen LogP contribution in [0.3, 0.4) is 0 Å². The van der Waals surface area contributed by atoms with Gasteiger partial charge in [0.2, 0.25) is 0 Å². The van der Waals surface area contributed by atoms with E-state index in [0.717, 1.165) is 18.4 Å². The minimum Gasteiger partial charge on any atom is -0.317 e. The van der Waals surface area contributed by atoms with Gasteiger partial charge in [0.25, 0.3) is 0 Å². The number of hydrogen-bond acceptors (Lipinski definition) is 2. The van der Waals surface area contributed by atoms with Crippen molar-refractivity contribution in [2.45, 2.75) is 45.4 Å². The maximum absolute atomic E-state index is 4.11. The van der Waals surface area contributed by atoms with Crippen molar-refractivity contribution in [3.8, 4) is 0 Å². The highest BCUT2D eigenvalue weighted by molar-refractivity contribution is 5.10. The SMILES string of the molecule is CCNCC1CCCCCC1Cc1ccncc1. The zero-order valence-electron chi connectivity index (χ0n) is 11.6. The van der Waals surface area contributed by atoms with Crippen LogP contribution in [-0.4, -0.2) is 18.1 Å². The molecule has 2 heteroatoms. The highest BCUT2D eigenvalue weighted by Crippen LogP contribution is 2.31. The van der Waals surface area contributed by atoms with E-state index in [0.29, 0.717) is 0 Å². The van der Waals surface area contributed by atoms with Crippen LogP contribution in [0.1, 0.15) is 44.6 Å². The van der Waals surface area contributed by atoms with Crippen LogP contribution >= 0.6 is 0 Å². The van der Waals surface area contributed by atoms with E-state index in [1.807, 2.05) is 12.4 Å². The summed E-state index contributed by atoms with van der Waals surface area (Å²) in [5.41, 5.74) is 1.46. The predicted octanol–water partition coefficient (Wildman–Crippen LogP) is 3.43. The van der Waals surface area contributed by atoms with Gasteiger partial charge < -0.3 is 5.32 Å². The highest BCUT2D eigenvalue weighted by atomic mass is 14.8. The van der Waals surface area contributed by atoms with Crippen LogP contribution in [0.15, 0.2) is 24.5 Å². The van der Waals surface area contributed by atoms with Crippen LogP contribution in [0.4, 0.5) is 0 Å². The second kappa shape index (κ2) is 7.52. The Bertz CT molecular complexity index is 323. The van der Waals surface area contributed by atoms with Gasteiger partial charge in [-0.2, -0.15) is 0 Å².